The van der Waals surface area contributed by atoms with Crippen LogP contribution in [0.1, 0.15) is 11.3 Å². The van der Waals surface area contributed by atoms with Crippen molar-refractivity contribution in [3.63, 3.8) is 0 Å². The number of aromatic nitrogens is 2. The number of halogens is 4. The molecule has 2 aromatic heterocycles. The van der Waals surface area contributed by atoms with Gasteiger partial charge in [0, 0.05) is 49.5 Å². The van der Waals surface area contributed by atoms with Crippen molar-refractivity contribution in [3.8, 4) is 11.3 Å². The van der Waals surface area contributed by atoms with Gasteiger partial charge in [-0.15, -0.1) is 11.3 Å². The second kappa shape index (κ2) is 10.1. The summed E-state index contributed by atoms with van der Waals surface area (Å²) in [5.41, 5.74) is 1.14. The first kappa shape index (κ1) is 25.3. The van der Waals surface area contributed by atoms with Gasteiger partial charge in [-0.05, 0) is 42.5 Å². The maximum atomic E-state index is 13.2. The molecule has 0 saturated carbocycles. The van der Waals surface area contributed by atoms with Crippen LogP contribution < -0.4 is 0 Å². The lowest BCUT2D eigenvalue weighted by molar-refractivity contribution is -0.137. The molecule has 0 amide bonds. The van der Waals surface area contributed by atoms with Crippen LogP contribution >= 0.6 is 11.3 Å². The van der Waals surface area contributed by atoms with Crippen LogP contribution in [0.15, 0.2) is 65.0 Å². The van der Waals surface area contributed by atoms with Crippen LogP contribution in [0.3, 0.4) is 0 Å². The summed E-state index contributed by atoms with van der Waals surface area (Å²) in [5.74, 6) is -0.353. The zero-order valence-electron chi connectivity index (χ0n) is 18.5. The number of hydrogen-bond acceptors (Lipinski definition) is 5. The van der Waals surface area contributed by atoms with E-state index in [2.05, 4.69) is 4.98 Å². The third kappa shape index (κ3) is 5.56. The molecule has 0 aliphatic heterocycles. The minimum absolute atomic E-state index is 0.0207. The molecular formula is C23H21F4N3O3S2. The number of benzene rings is 2. The average Bonchev–Trinajstić information content (AvgIpc) is 3.40. The van der Waals surface area contributed by atoms with Crippen LogP contribution in [0.4, 0.5) is 17.6 Å². The SMILES string of the molecule is COCCN(CCc1csc2nc(-c3ccc(F)cc3)cn12)S(=O)(=O)c1cccc(C(F)(F)F)c1. The van der Waals surface area contributed by atoms with Gasteiger partial charge in [0.05, 0.1) is 22.8 Å². The van der Waals surface area contributed by atoms with Crippen LogP contribution in [-0.4, -0.2) is 48.9 Å². The van der Waals surface area contributed by atoms with E-state index in [9.17, 15) is 26.0 Å². The fourth-order valence-electron chi connectivity index (χ4n) is 3.54. The summed E-state index contributed by atoms with van der Waals surface area (Å²) in [6, 6.07) is 9.63. The average molecular weight is 528 g/mol. The van der Waals surface area contributed by atoms with E-state index in [-0.39, 0.29) is 25.5 Å². The molecule has 0 aliphatic carbocycles. The summed E-state index contributed by atoms with van der Waals surface area (Å²) in [6.07, 6.45) is -2.58. The Labute approximate surface area is 203 Å². The Morgan fingerprint density at radius 3 is 2.54 bits per heavy atom. The smallest absolute Gasteiger partial charge is 0.383 e. The summed E-state index contributed by atoms with van der Waals surface area (Å²) in [4.78, 5) is 4.79. The standard InChI is InChI=1S/C23H21F4N3O3S2/c1-33-12-11-29(35(31,32)20-4-2-3-17(13-20)23(25,26)27)10-9-19-15-34-22-28-21(14-30(19)22)16-5-7-18(24)8-6-16/h2-8,13-15H,9-12H2,1H3. The largest absolute Gasteiger partial charge is 0.416 e. The van der Waals surface area contributed by atoms with Crippen LogP contribution in [0.25, 0.3) is 16.2 Å². The number of methoxy groups -OCH3 is 1. The minimum Gasteiger partial charge on any atom is -0.383 e. The number of nitrogens with zero attached hydrogens (tertiary/aromatic N) is 3. The van der Waals surface area contributed by atoms with E-state index in [1.165, 1.54) is 30.6 Å². The summed E-state index contributed by atoms with van der Waals surface area (Å²) in [7, 11) is -2.79. The topological polar surface area (TPSA) is 63.9 Å². The molecule has 0 fully saturated rings. The second-order valence-corrected chi connectivity index (χ2v) is 10.5. The van der Waals surface area contributed by atoms with Crippen molar-refractivity contribution in [2.75, 3.05) is 26.8 Å². The summed E-state index contributed by atoms with van der Waals surface area (Å²) in [5, 5.41) is 1.85. The minimum atomic E-state index is -4.66. The van der Waals surface area contributed by atoms with Gasteiger partial charge in [-0.1, -0.05) is 6.07 Å². The molecule has 0 unspecified atom stereocenters. The lowest BCUT2D eigenvalue weighted by Gasteiger charge is -2.22. The quantitative estimate of drug-likeness (QED) is 0.284. The van der Waals surface area contributed by atoms with Crippen molar-refractivity contribution in [3.05, 3.63) is 77.2 Å². The van der Waals surface area contributed by atoms with E-state index in [0.717, 1.165) is 33.8 Å². The third-order valence-electron chi connectivity index (χ3n) is 5.38. The Bertz CT molecular complexity index is 1410. The monoisotopic (exact) mass is 527 g/mol. The van der Waals surface area contributed by atoms with Crippen LogP contribution in [-0.2, 0) is 27.4 Å². The van der Waals surface area contributed by atoms with Gasteiger partial charge in [0.25, 0.3) is 0 Å². The number of imidazole rings is 1. The molecule has 35 heavy (non-hydrogen) atoms. The van der Waals surface area contributed by atoms with E-state index in [1.807, 2.05) is 9.78 Å². The van der Waals surface area contributed by atoms with Crippen molar-refractivity contribution < 1.29 is 30.7 Å². The van der Waals surface area contributed by atoms with E-state index >= 15 is 0 Å². The van der Waals surface area contributed by atoms with Gasteiger partial charge in [-0.25, -0.2) is 17.8 Å². The molecule has 0 bridgehead atoms. The van der Waals surface area contributed by atoms with Gasteiger partial charge in [0.2, 0.25) is 10.0 Å². The number of alkyl halides is 3. The van der Waals surface area contributed by atoms with Crippen LogP contribution in [0, 0.1) is 5.82 Å². The Morgan fingerprint density at radius 2 is 1.86 bits per heavy atom. The molecule has 0 atom stereocenters. The zero-order valence-corrected chi connectivity index (χ0v) is 20.1. The predicted molar refractivity (Wildman–Crippen MR) is 124 cm³/mol. The molecule has 4 aromatic rings. The molecule has 2 heterocycles. The Balaban J connectivity index is 1.58. The molecular weight excluding hydrogens is 506 g/mol. The lowest BCUT2D eigenvalue weighted by atomic mass is 10.2. The Morgan fingerprint density at radius 1 is 1.11 bits per heavy atom. The van der Waals surface area contributed by atoms with Crippen LogP contribution in [0.2, 0.25) is 0 Å². The molecule has 0 aliphatic rings. The number of sulfonamides is 1. The number of rotatable bonds is 9. The first-order valence-electron chi connectivity index (χ1n) is 10.5. The maximum absolute atomic E-state index is 13.2. The Kier molecular flexibility index (Phi) is 7.27. The number of ether oxygens (including phenoxy) is 1. The highest BCUT2D eigenvalue weighted by molar-refractivity contribution is 7.89. The van der Waals surface area contributed by atoms with Crippen molar-refractivity contribution in [2.45, 2.75) is 17.5 Å². The van der Waals surface area contributed by atoms with Gasteiger partial charge >= 0.3 is 6.18 Å². The first-order valence-corrected chi connectivity index (χ1v) is 12.8. The molecule has 0 radical (unpaired) electrons. The van der Waals surface area contributed by atoms with Crippen molar-refractivity contribution in [1.82, 2.24) is 13.7 Å². The van der Waals surface area contributed by atoms with Crippen LogP contribution in [0.5, 0.6) is 0 Å². The predicted octanol–water partition coefficient (Wildman–Crippen LogP) is 5.10. The summed E-state index contributed by atoms with van der Waals surface area (Å²) in [6.45, 7) is 0.0853. The van der Waals surface area contributed by atoms with Gasteiger partial charge in [0.15, 0.2) is 4.96 Å². The molecule has 0 N–H and O–H groups in total. The first-order chi connectivity index (χ1) is 16.6. The van der Waals surface area contributed by atoms with E-state index in [1.54, 1.807) is 18.3 Å². The van der Waals surface area contributed by atoms with Crippen molar-refractivity contribution >= 4 is 26.3 Å². The van der Waals surface area contributed by atoms with Gasteiger partial charge in [-0.3, -0.25) is 4.40 Å². The number of fused-ring (bicyclic) bond motifs is 1. The highest BCUT2D eigenvalue weighted by atomic mass is 32.2. The maximum Gasteiger partial charge on any atom is 0.416 e. The third-order valence-corrected chi connectivity index (χ3v) is 8.17. The summed E-state index contributed by atoms with van der Waals surface area (Å²) < 4.78 is 87.0. The molecule has 4 rings (SSSR count). The van der Waals surface area contributed by atoms with E-state index < -0.39 is 26.7 Å². The van der Waals surface area contributed by atoms with E-state index in [4.69, 9.17) is 4.74 Å². The second-order valence-electron chi connectivity index (χ2n) is 7.69. The molecule has 6 nitrogen and oxygen atoms in total. The fraction of sp³-hybridized carbons (Fsp3) is 0.261. The normalized spacial score (nSPS) is 12.6. The summed E-state index contributed by atoms with van der Waals surface area (Å²) >= 11 is 1.37. The van der Waals surface area contributed by atoms with Crippen molar-refractivity contribution in [1.29, 1.82) is 0 Å². The lowest BCUT2D eigenvalue weighted by Crippen LogP contribution is -2.36. The van der Waals surface area contributed by atoms with Gasteiger partial charge < -0.3 is 4.74 Å². The number of thiazole rings is 1. The zero-order chi connectivity index (χ0) is 25.2. The molecule has 2 aromatic carbocycles. The molecule has 0 saturated heterocycles. The highest BCUT2D eigenvalue weighted by Gasteiger charge is 2.33. The van der Waals surface area contributed by atoms with Gasteiger partial charge in [0.1, 0.15) is 5.82 Å². The fourth-order valence-corrected chi connectivity index (χ4v) is 5.91. The molecule has 186 valence electrons. The van der Waals surface area contributed by atoms with E-state index in [0.29, 0.717) is 23.1 Å². The molecule has 0 spiro atoms. The molecule has 12 heteroatoms. The van der Waals surface area contributed by atoms with Gasteiger partial charge in [-0.2, -0.15) is 17.5 Å². The Hall–Kier alpha value is -2.80. The number of hydrogen-bond donors (Lipinski definition) is 0. The highest BCUT2D eigenvalue weighted by Crippen LogP contribution is 2.31. The van der Waals surface area contributed by atoms with Crippen molar-refractivity contribution in [2.24, 2.45) is 0 Å².